The van der Waals surface area contributed by atoms with Crippen molar-refractivity contribution < 1.29 is 31.1 Å². The first-order chi connectivity index (χ1) is 18.1. The van der Waals surface area contributed by atoms with Crippen LogP contribution in [0.3, 0.4) is 0 Å². The molecule has 0 radical (unpaired) electrons. The Morgan fingerprint density at radius 3 is 2.31 bits per heavy atom. The molecule has 4 aromatic rings. The maximum atomic E-state index is 13.7. The number of halogens is 5. The van der Waals surface area contributed by atoms with Crippen LogP contribution in [-0.4, -0.2) is 36.1 Å². The average molecular weight is 600 g/mol. The van der Waals surface area contributed by atoms with Gasteiger partial charge in [0, 0.05) is 27.8 Å². The first kappa shape index (κ1) is 28.7. The highest BCUT2D eigenvalue weighted by atomic mass is 35.5. The van der Waals surface area contributed by atoms with Gasteiger partial charge in [-0.25, -0.2) is 13.4 Å². The Morgan fingerprint density at radius 2 is 1.69 bits per heavy atom. The van der Waals surface area contributed by atoms with E-state index in [1.54, 1.807) is 20.8 Å². The lowest BCUT2D eigenvalue weighted by Crippen LogP contribution is -2.39. The summed E-state index contributed by atoms with van der Waals surface area (Å²) in [4.78, 5) is 16.4. The third kappa shape index (κ3) is 6.32. The number of alkyl halides is 3. The van der Waals surface area contributed by atoms with Gasteiger partial charge in [0.2, 0.25) is 0 Å². The largest absolute Gasteiger partial charge is 0.459 e. The highest BCUT2D eigenvalue weighted by Crippen LogP contribution is 2.35. The zero-order valence-electron chi connectivity index (χ0n) is 20.8. The van der Waals surface area contributed by atoms with Crippen molar-refractivity contribution in [2.45, 2.75) is 37.4 Å². The number of hydrogen-bond donors (Lipinski definition) is 0. The summed E-state index contributed by atoms with van der Waals surface area (Å²) in [5, 5.41) is 0.545. The minimum Gasteiger partial charge on any atom is -0.459 e. The lowest BCUT2D eigenvalue weighted by Gasteiger charge is -2.26. The van der Waals surface area contributed by atoms with Crippen LogP contribution >= 0.6 is 23.2 Å². The quantitative estimate of drug-likeness (QED) is 0.225. The number of ether oxygens (including phenoxy) is 1. The number of carbonyl (C=O) groups excluding carboxylic acids is 1. The topological polar surface area (TPSA) is 81.5 Å². The van der Waals surface area contributed by atoms with E-state index in [2.05, 4.69) is 4.98 Å². The molecule has 0 atom stereocenters. The molecule has 0 bridgehead atoms. The molecule has 0 spiro atoms. The molecule has 2 heterocycles. The van der Waals surface area contributed by atoms with Gasteiger partial charge in [0.1, 0.15) is 18.0 Å². The van der Waals surface area contributed by atoms with Crippen molar-refractivity contribution in [2.24, 2.45) is 0 Å². The van der Waals surface area contributed by atoms with Crippen LogP contribution in [0.5, 0.6) is 0 Å². The van der Waals surface area contributed by atoms with E-state index in [0.717, 1.165) is 10.4 Å². The molecule has 0 saturated heterocycles. The van der Waals surface area contributed by atoms with E-state index in [-0.39, 0.29) is 26.4 Å². The molecule has 0 saturated carbocycles. The Morgan fingerprint density at radius 1 is 1.03 bits per heavy atom. The Balaban J connectivity index is 1.83. The van der Waals surface area contributed by atoms with Crippen molar-refractivity contribution in [1.29, 1.82) is 0 Å². The summed E-state index contributed by atoms with van der Waals surface area (Å²) in [7, 11) is -4.39. The van der Waals surface area contributed by atoms with Gasteiger partial charge >= 0.3 is 12.1 Å². The van der Waals surface area contributed by atoms with E-state index in [1.165, 1.54) is 65.5 Å². The number of esters is 1. The summed E-state index contributed by atoms with van der Waals surface area (Å²) >= 11 is 12.1. The van der Waals surface area contributed by atoms with Crippen molar-refractivity contribution in [1.82, 2.24) is 9.55 Å². The van der Waals surface area contributed by atoms with Crippen LogP contribution in [0.25, 0.3) is 16.7 Å². The normalized spacial score (nSPS) is 12.5. The molecular formula is C26H22Cl2F3N3O4S. The molecule has 0 aliphatic carbocycles. The number of rotatable bonds is 6. The number of anilines is 1. The summed E-state index contributed by atoms with van der Waals surface area (Å²) in [6, 6.07) is 11.6. The lowest BCUT2D eigenvalue weighted by molar-refractivity contribution is -0.152. The fourth-order valence-electron chi connectivity index (χ4n) is 3.89. The average Bonchev–Trinajstić information content (AvgIpc) is 3.23. The van der Waals surface area contributed by atoms with Crippen LogP contribution in [0.1, 0.15) is 26.3 Å². The minimum absolute atomic E-state index is 0.0688. The summed E-state index contributed by atoms with van der Waals surface area (Å²) < 4.78 is 75.7. The van der Waals surface area contributed by atoms with Crippen LogP contribution in [-0.2, 0) is 25.7 Å². The third-order valence-corrected chi connectivity index (χ3v) is 7.59. The van der Waals surface area contributed by atoms with Gasteiger partial charge in [0.05, 0.1) is 21.7 Å². The number of sulfonamides is 1. The number of carbonyl (C=O) groups is 1. The Labute approximate surface area is 232 Å². The molecule has 206 valence electrons. The van der Waals surface area contributed by atoms with E-state index in [4.69, 9.17) is 27.9 Å². The molecule has 13 heteroatoms. The van der Waals surface area contributed by atoms with Gasteiger partial charge in [-0.1, -0.05) is 23.2 Å². The van der Waals surface area contributed by atoms with Gasteiger partial charge in [-0.3, -0.25) is 9.10 Å². The number of fused-ring (bicyclic) bond motifs is 1. The second-order valence-corrected chi connectivity index (χ2v) is 12.2. The van der Waals surface area contributed by atoms with Gasteiger partial charge < -0.3 is 9.30 Å². The zero-order chi connectivity index (χ0) is 28.8. The number of nitrogens with zero attached hydrogens (tertiary/aromatic N) is 3. The standard InChI is InChI=1S/C26H22Cl2F3N3O4S/c1-25(2,3)38-23(35)15-34(39(36,37)20-13-17(27)12-18(28)14-20)19-6-7-22-16(11-19)8-10-33(22)24-21(26(29,30)31)5-4-9-32-24/h4-14H,15H2,1-3H3. The molecule has 0 amide bonds. The van der Waals surface area contributed by atoms with Gasteiger partial charge in [0.25, 0.3) is 10.0 Å². The summed E-state index contributed by atoms with van der Waals surface area (Å²) in [5.41, 5.74) is -1.41. The van der Waals surface area contributed by atoms with E-state index < -0.39 is 39.9 Å². The first-order valence-corrected chi connectivity index (χ1v) is 13.6. The van der Waals surface area contributed by atoms with Crippen molar-refractivity contribution >= 4 is 55.8 Å². The van der Waals surface area contributed by atoms with Gasteiger partial charge in [-0.15, -0.1) is 0 Å². The van der Waals surface area contributed by atoms with Crippen LogP contribution < -0.4 is 4.31 Å². The number of hydrogen-bond acceptors (Lipinski definition) is 5. The molecule has 0 N–H and O–H groups in total. The highest BCUT2D eigenvalue weighted by Gasteiger charge is 2.35. The smallest absolute Gasteiger partial charge is 0.419 e. The Kier molecular flexibility index (Phi) is 7.63. The molecular weight excluding hydrogens is 578 g/mol. The fraction of sp³-hybridized carbons (Fsp3) is 0.231. The third-order valence-electron chi connectivity index (χ3n) is 5.40. The summed E-state index contributed by atoms with van der Waals surface area (Å²) in [6.07, 6.45) is -2.00. The monoisotopic (exact) mass is 599 g/mol. The molecule has 0 aliphatic rings. The van der Waals surface area contributed by atoms with Crippen LogP contribution in [0.2, 0.25) is 10.0 Å². The van der Waals surface area contributed by atoms with Crippen molar-refractivity contribution in [3.63, 3.8) is 0 Å². The van der Waals surface area contributed by atoms with E-state index in [1.807, 2.05) is 0 Å². The van der Waals surface area contributed by atoms with Crippen molar-refractivity contribution in [3.8, 4) is 5.82 Å². The fourth-order valence-corrected chi connectivity index (χ4v) is 6.02. The molecule has 2 aromatic heterocycles. The Hall–Kier alpha value is -3.28. The van der Waals surface area contributed by atoms with Crippen LogP contribution in [0.4, 0.5) is 18.9 Å². The van der Waals surface area contributed by atoms with Crippen molar-refractivity contribution in [2.75, 3.05) is 10.8 Å². The second-order valence-electron chi connectivity index (χ2n) is 9.50. The molecule has 0 aliphatic heterocycles. The molecule has 0 fully saturated rings. The zero-order valence-corrected chi connectivity index (χ0v) is 23.2. The number of aromatic nitrogens is 2. The maximum absolute atomic E-state index is 13.7. The summed E-state index contributed by atoms with van der Waals surface area (Å²) in [6.45, 7) is 4.24. The molecule has 39 heavy (non-hydrogen) atoms. The van der Waals surface area contributed by atoms with Gasteiger partial charge in [-0.05, 0) is 75.4 Å². The molecule has 0 unspecified atom stereocenters. The van der Waals surface area contributed by atoms with Crippen molar-refractivity contribution in [3.05, 3.63) is 82.6 Å². The Bertz CT molecular complexity index is 1640. The van der Waals surface area contributed by atoms with E-state index in [0.29, 0.717) is 10.9 Å². The van der Waals surface area contributed by atoms with E-state index >= 15 is 0 Å². The van der Waals surface area contributed by atoms with Crippen LogP contribution in [0, 0.1) is 0 Å². The number of pyridine rings is 1. The number of benzene rings is 2. The van der Waals surface area contributed by atoms with Crippen LogP contribution in [0.15, 0.2) is 71.9 Å². The lowest BCUT2D eigenvalue weighted by atomic mass is 10.2. The van der Waals surface area contributed by atoms with Gasteiger partial charge in [0.15, 0.2) is 0 Å². The minimum atomic E-state index is -4.64. The molecule has 4 rings (SSSR count). The van der Waals surface area contributed by atoms with E-state index in [9.17, 15) is 26.4 Å². The van der Waals surface area contributed by atoms with Gasteiger partial charge in [-0.2, -0.15) is 13.2 Å². The summed E-state index contributed by atoms with van der Waals surface area (Å²) in [5.74, 6) is -1.15. The molecule has 2 aromatic carbocycles. The maximum Gasteiger partial charge on any atom is 0.419 e. The highest BCUT2D eigenvalue weighted by molar-refractivity contribution is 7.92. The molecule has 7 nitrogen and oxygen atoms in total. The predicted octanol–water partition coefficient (Wildman–Crippen LogP) is 6.89. The SMILES string of the molecule is CC(C)(C)OC(=O)CN(c1ccc2c(ccn2-c2ncccc2C(F)(F)F)c1)S(=O)(=O)c1cc(Cl)cc(Cl)c1. The second kappa shape index (κ2) is 10.4. The first-order valence-electron chi connectivity index (χ1n) is 11.4. The predicted molar refractivity (Wildman–Crippen MR) is 143 cm³/mol.